The molecule has 14 heavy (non-hydrogen) atoms. The third kappa shape index (κ3) is 1.44. The van der Waals surface area contributed by atoms with Crippen LogP contribution < -0.4 is 5.56 Å². The zero-order valence-corrected chi connectivity index (χ0v) is 9.63. The van der Waals surface area contributed by atoms with Crippen molar-refractivity contribution in [3.05, 3.63) is 38.2 Å². The summed E-state index contributed by atoms with van der Waals surface area (Å²) in [6.45, 7) is 0. The molecule has 0 aliphatic carbocycles. The van der Waals surface area contributed by atoms with E-state index in [0.717, 1.165) is 9.99 Å². The quantitative estimate of drug-likeness (QED) is 0.738. The molecule has 3 nitrogen and oxygen atoms in total. The molecule has 0 N–H and O–H groups in total. The highest BCUT2D eigenvalue weighted by molar-refractivity contribution is 9.10. The summed E-state index contributed by atoms with van der Waals surface area (Å²) in [6.07, 6.45) is 0. The normalized spacial score (nSPS) is 10.8. The maximum atomic E-state index is 11.4. The van der Waals surface area contributed by atoms with Crippen molar-refractivity contribution < 1.29 is 0 Å². The standard InChI is InChI=1S/C9H6BrClN2O/c1-13-7-3-2-5(10)4-6(7)12-8(11)9(13)14/h2-4H,1H3. The first kappa shape index (κ1) is 9.68. The Balaban J connectivity index is 2.98. The maximum Gasteiger partial charge on any atom is 0.288 e. The molecule has 0 aliphatic rings. The van der Waals surface area contributed by atoms with Crippen molar-refractivity contribution in [1.82, 2.24) is 9.55 Å². The minimum atomic E-state index is -0.276. The van der Waals surface area contributed by atoms with Gasteiger partial charge in [0.15, 0.2) is 5.15 Å². The van der Waals surface area contributed by atoms with Gasteiger partial charge in [-0.3, -0.25) is 4.79 Å². The first-order valence-electron chi connectivity index (χ1n) is 3.91. The van der Waals surface area contributed by atoms with Gasteiger partial charge in [0, 0.05) is 11.5 Å². The molecule has 0 saturated heterocycles. The number of hydrogen-bond donors (Lipinski definition) is 0. The second-order valence-electron chi connectivity index (χ2n) is 2.90. The van der Waals surface area contributed by atoms with Gasteiger partial charge >= 0.3 is 0 Å². The summed E-state index contributed by atoms with van der Waals surface area (Å²) >= 11 is 9.02. The SMILES string of the molecule is Cn1c(=O)c(Cl)nc2cc(Br)ccc21. The Hall–Kier alpha value is -0.870. The molecular weight excluding hydrogens is 267 g/mol. The van der Waals surface area contributed by atoms with Crippen molar-refractivity contribution in [3.63, 3.8) is 0 Å². The molecule has 2 rings (SSSR count). The van der Waals surface area contributed by atoms with E-state index in [1.165, 1.54) is 4.57 Å². The van der Waals surface area contributed by atoms with E-state index in [4.69, 9.17) is 11.6 Å². The molecule has 0 fully saturated rings. The van der Waals surface area contributed by atoms with E-state index in [1.54, 1.807) is 7.05 Å². The predicted molar refractivity (Wildman–Crippen MR) is 59.7 cm³/mol. The molecule has 72 valence electrons. The number of hydrogen-bond acceptors (Lipinski definition) is 2. The van der Waals surface area contributed by atoms with Crippen molar-refractivity contribution >= 4 is 38.6 Å². The van der Waals surface area contributed by atoms with Crippen molar-refractivity contribution in [2.75, 3.05) is 0 Å². The van der Waals surface area contributed by atoms with Crippen LogP contribution in [0.2, 0.25) is 5.15 Å². The van der Waals surface area contributed by atoms with E-state index in [9.17, 15) is 4.79 Å². The van der Waals surface area contributed by atoms with Gasteiger partial charge in [-0.05, 0) is 18.2 Å². The number of nitrogens with zero attached hydrogens (tertiary/aromatic N) is 2. The van der Waals surface area contributed by atoms with Crippen LogP contribution >= 0.6 is 27.5 Å². The van der Waals surface area contributed by atoms with Gasteiger partial charge in [0.1, 0.15) is 0 Å². The highest BCUT2D eigenvalue weighted by Crippen LogP contribution is 2.17. The van der Waals surface area contributed by atoms with E-state index >= 15 is 0 Å². The van der Waals surface area contributed by atoms with Gasteiger partial charge in [-0.25, -0.2) is 4.98 Å². The third-order valence-corrected chi connectivity index (χ3v) is 2.74. The maximum absolute atomic E-state index is 11.4. The molecule has 1 aromatic carbocycles. The predicted octanol–water partition coefficient (Wildman–Crippen LogP) is 2.35. The minimum Gasteiger partial charge on any atom is -0.307 e. The van der Waals surface area contributed by atoms with Crippen LogP contribution in [0.15, 0.2) is 27.5 Å². The molecule has 0 saturated carbocycles. The monoisotopic (exact) mass is 272 g/mol. The summed E-state index contributed by atoms with van der Waals surface area (Å²) in [5, 5.41) is -0.00176. The Bertz CT molecular complexity index is 564. The fourth-order valence-electron chi connectivity index (χ4n) is 1.27. The Morgan fingerprint density at radius 2 is 2.21 bits per heavy atom. The zero-order chi connectivity index (χ0) is 10.3. The van der Waals surface area contributed by atoms with Gasteiger partial charge in [0.25, 0.3) is 5.56 Å². The Kier molecular flexibility index (Phi) is 2.33. The average Bonchev–Trinajstić information content (AvgIpc) is 2.14. The molecule has 0 amide bonds. The van der Waals surface area contributed by atoms with Crippen molar-refractivity contribution in [2.45, 2.75) is 0 Å². The third-order valence-electron chi connectivity index (χ3n) is 2.00. The Morgan fingerprint density at radius 3 is 2.93 bits per heavy atom. The molecule has 0 atom stereocenters. The second kappa shape index (κ2) is 3.37. The van der Waals surface area contributed by atoms with Crippen LogP contribution in [0.3, 0.4) is 0 Å². The highest BCUT2D eigenvalue weighted by Gasteiger charge is 2.05. The lowest BCUT2D eigenvalue weighted by molar-refractivity contribution is 0.892. The van der Waals surface area contributed by atoms with Crippen molar-refractivity contribution in [1.29, 1.82) is 0 Å². The molecule has 1 aromatic heterocycles. The van der Waals surface area contributed by atoms with Crippen molar-refractivity contribution in [2.24, 2.45) is 7.05 Å². The Labute approximate surface area is 93.5 Å². The smallest absolute Gasteiger partial charge is 0.288 e. The fourth-order valence-corrected chi connectivity index (χ4v) is 1.84. The van der Waals surface area contributed by atoms with Gasteiger partial charge in [0.05, 0.1) is 11.0 Å². The molecule has 0 spiro atoms. The van der Waals surface area contributed by atoms with E-state index in [-0.39, 0.29) is 10.7 Å². The lowest BCUT2D eigenvalue weighted by Crippen LogP contribution is -2.18. The van der Waals surface area contributed by atoms with Gasteiger partial charge in [-0.15, -0.1) is 0 Å². The molecule has 0 bridgehead atoms. The highest BCUT2D eigenvalue weighted by atomic mass is 79.9. The summed E-state index contributed by atoms with van der Waals surface area (Å²) in [5.41, 5.74) is 1.19. The first-order valence-corrected chi connectivity index (χ1v) is 5.08. The van der Waals surface area contributed by atoms with Crippen LogP contribution in [-0.4, -0.2) is 9.55 Å². The summed E-state index contributed by atoms with van der Waals surface area (Å²) in [4.78, 5) is 15.4. The van der Waals surface area contributed by atoms with Crippen molar-refractivity contribution in [3.8, 4) is 0 Å². The summed E-state index contributed by atoms with van der Waals surface area (Å²) < 4.78 is 2.39. The first-order chi connectivity index (χ1) is 6.59. The molecule has 1 heterocycles. The van der Waals surface area contributed by atoms with Crippen LogP contribution in [0.5, 0.6) is 0 Å². The van der Waals surface area contributed by atoms with Gasteiger partial charge < -0.3 is 4.57 Å². The second-order valence-corrected chi connectivity index (χ2v) is 4.17. The number of rotatable bonds is 0. The number of benzene rings is 1. The van der Waals surface area contributed by atoms with Crippen LogP contribution in [-0.2, 0) is 7.05 Å². The fraction of sp³-hybridized carbons (Fsp3) is 0.111. The Morgan fingerprint density at radius 1 is 1.50 bits per heavy atom. The topological polar surface area (TPSA) is 34.9 Å². The number of aryl methyl sites for hydroxylation is 1. The number of fused-ring (bicyclic) bond motifs is 1. The average molecular weight is 274 g/mol. The van der Waals surface area contributed by atoms with E-state index in [2.05, 4.69) is 20.9 Å². The molecule has 2 aromatic rings. The van der Waals surface area contributed by atoms with Crippen LogP contribution in [0, 0.1) is 0 Å². The largest absolute Gasteiger partial charge is 0.307 e. The van der Waals surface area contributed by atoms with Crippen LogP contribution in [0.25, 0.3) is 11.0 Å². The van der Waals surface area contributed by atoms with E-state index in [0.29, 0.717) is 5.52 Å². The lowest BCUT2D eigenvalue weighted by Gasteiger charge is -2.04. The number of aromatic nitrogens is 2. The van der Waals surface area contributed by atoms with Gasteiger partial charge in [-0.1, -0.05) is 27.5 Å². The molecule has 0 aliphatic heterocycles. The zero-order valence-electron chi connectivity index (χ0n) is 7.29. The molecule has 5 heteroatoms. The van der Waals surface area contributed by atoms with Gasteiger partial charge in [0.2, 0.25) is 0 Å². The van der Waals surface area contributed by atoms with E-state index < -0.39 is 0 Å². The molecule has 0 radical (unpaired) electrons. The van der Waals surface area contributed by atoms with Gasteiger partial charge in [-0.2, -0.15) is 0 Å². The van der Waals surface area contributed by atoms with Crippen LogP contribution in [0.1, 0.15) is 0 Å². The lowest BCUT2D eigenvalue weighted by atomic mass is 10.3. The number of halogens is 2. The van der Waals surface area contributed by atoms with E-state index in [1.807, 2.05) is 18.2 Å². The minimum absolute atomic E-state index is 0.00176. The summed E-state index contributed by atoms with van der Waals surface area (Å²) in [6, 6.07) is 5.50. The summed E-state index contributed by atoms with van der Waals surface area (Å²) in [5.74, 6) is 0. The summed E-state index contributed by atoms with van der Waals surface area (Å²) in [7, 11) is 1.67. The van der Waals surface area contributed by atoms with Crippen LogP contribution in [0.4, 0.5) is 0 Å². The molecular formula is C9H6BrClN2O. The molecule has 0 unspecified atom stereocenters.